The zero-order chi connectivity index (χ0) is 19.4. The van der Waals surface area contributed by atoms with E-state index in [4.69, 9.17) is 4.74 Å². The van der Waals surface area contributed by atoms with Gasteiger partial charge in [0.2, 0.25) is 11.8 Å². The highest BCUT2D eigenvalue weighted by molar-refractivity contribution is 5.76. The van der Waals surface area contributed by atoms with Gasteiger partial charge >= 0.3 is 0 Å². The first-order chi connectivity index (χ1) is 13.0. The van der Waals surface area contributed by atoms with E-state index in [1.807, 2.05) is 7.05 Å². The topological polar surface area (TPSA) is 70.7 Å². The molecule has 148 valence electrons. The lowest BCUT2D eigenvalue weighted by atomic mass is 10.0. The Balaban J connectivity index is 1.51. The highest BCUT2D eigenvalue weighted by Gasteiger charge is 2.31. The van der Waals surface area contributed by atoms with Crippen LogP contribution in [-0.4, -0.2) is 49.5 Å². The van der Waals surface area contributed by atoms with E-state index in [1.54, 1.807) is 7.11 Å². The monoisotopic (exact) mass is 373 g/mol. The largest absolute Gasteiger partial charge is 0.496 e. The number of fused-ring (bicyclic) bond motifs is 1. The van der Waals surface area contributed by atoms with Crippen LogP contribution in [0, 0.1) is 0 Å². The van der Waals surface area contributed by atoms with Gasteiger partial charge in [0.05, 0.1) is 7.11 Å². The molecule has 0 bridgehead atoms. The second-order valence-corrected chi connectivity index (χ2v) is 7.75. The molecule has 2 aliphatic rings. The number of rotatable bonds is 7. The van der Waals surface area contributed by atoms with Crippen molar-refractivity contribution in [1.82, 2.24) is 15.5 Å². The van der Waals surface area contributed by atoms with Gasteiger partial charge in [0.15, 0.2) is 0 Å². The average Bonchev–Trinajstić information content (AvgIpc) is 3.24. The molecule has 0 saturated carbocycles. The molecule has 1 saturated heterocycles. The fraction of sp³-hybridized carbons (Fsp3) is 0.619. The van der Waals surface area contributed by atoms with Gasteiger partial charge in [-0.1, -0.05) is 6.07 Å². The van der Waals surface area contributed by atoms with Gasteiger partial charge in [-0.3, -0.25) is 14.5 Å². The van der Waals surface area contributed by atoms with Crippen LogP contribution in [0.3, 0.4) is 0 Å². The van der Waals surface area contributed by atoms with Crippen LogP contribution in [0.25, 0.3) is 0 Å². The summed E-state index contributed by atoms with van der Waals surface area (Å²) >= 11 is 0. The first kappa shape index (κ1) is 19.7. The maximum atomic E-state index is 12.5. The minimum Gasteiger partial charge on any atom is -0.496 e. The number of nitrogens with one attached hydrogen (secondary N) is 2. The standard InChI is InChI=1S/C21H31N3O3/c1-14(25)22-13-19-8-7-18(24(19)2)11-21(26)23-12-17-9-15-5-4-6-16(15)10-20(17)27-3/h9-10,18-19H,4-8,11-13H2,1-3H3,(H,22,25)(H,23,26)/t18-,19+/m0/s1. The van der Waals surface area contributed by atoms with Crippen molar-refractivity contribution in [3.05, 3.63) is 28.8 Å². The van der Waals surface area contributed by atoms with Crippen molar-refractivity contribution in [3.63, 3.8) is 0 Å². The van der Waals surface area contributed by atoms with Crippen molar-refractivity contribution in [1.29, 1.82) is 0 Å². The van der Waals surface area contributed by atoms with Crippen molar-refractivity contribution < 1.29 is 14.3 Å². The normalized spacial score (nSPS) is 21.7. The number of ether oxygens (including phenoxy) is 1. The van der Waals surface area contributed by atoms with Crippen molar-refractivity contribution >= 4 is 11.8 Å². The molecule has 0 unspecified atom stereocenters. The minimum atomic E-state index is -0.00659. The smallest absolute Gasteiger partial charge is 0.221 e. The highest BCUT2D eigenvalue weighted by Crippen LogP contribution is 2.30. The van der Waals surface area contributed by atoms with Gasteiger partial charge in [-0.2, -0.15) is 0 Å². The van der Waals surface area contributed by atoms with E-state index >= 15 is 0 Å². The van der Waals surface area contributed by atoms with Crippen molar-refractivity contribution in [2.24, 2.45) is 0 Å². The Morgan fingerprint density at radius 1 is 1.15 bits per heavy atom. The number of nitrogens with zero attached hydrogens (tertiary/aromatic N) is 1. The number of hydrogen-bond acceptors (Lipinski definition) is 4. The summed E-state index contributed by atoms with van der Waals surface area (Å²) in [5.74, 6) is 0.923. The summed E-state index contributed by atoms with van der Waals surface area (Å²) in [5, 5.41) is 5.94. The quantitative estimate of drug-likeness (QED) is 0.764. The Bertz CT molecular complexity index is 704. The van der Waals surface area contributed by atoms with Crippen LogP contribution in [0.5, 0.6) is 5.75 Å². The lowest BCUT2D eigenvalue weighted by Gasteiger charge is -2.25. The molecule has 1 heterocycles. The van der Waals surface area contributed by atoms with Crippen molar-refractivity contribution in [2.45, 2.75) is 64.1 Å². The van der Waals surface area contributed by atoms with E-state index in [0.29, 0.717) is 25.6 Å². The molecule has 6 heteroatoms. The molecule has 1 fully saturated rings. The van der Waals surface area contributed by atoms with Gasteiger partial charge in [-0.25, -0.2) is 0 Å². The third kappa shape index (κ3) is 4.80. The summed E-state index contributed by atoms with van der Waals surface area (Å²) in [6.45, 7) is 2.68. The van der Waals surface area contributed by atoms with Gasteiger partial charge in [0.25, 0.3) is 0 Å². The van der Waals surface area contributed by atoms with Gasteiger partial charge in [0, 0.05) is 44.1 Å². The summed E-state index contributed by atoms with van der Waals surface area (Å²) in [4.78, 5) is 25.8. The second kappa shape index (κ2) is 8.74. The number of carbonyl (C=O) groups is 2. The number of benzene rings is 1. The molecule has 1 aliphatic carbocycles. The number of carbonyl (C=O) groups excluding carboxylic acids is 2. The summed E-state index contributed by atoms with van der Waals surface area (Å²) < 4.78 is 5.52. The lowest BCUT2D eigenvalue weighted by molar-refractivity contribution is -0.122. The fourth-order valence-electron chi connectivity index (χ4n) is 4.30. The molecular weight excluding hydrogens is 342 g/mol. The molecule has 1 aromatic rings. The van der Waals surface area contributed by atoms with Crippen LogP contribution >= 0.6 is 0 Å². The zero-order valence-electron chi connectivity index (χ0n) is 16.6. The fourth-order valence-corrected chi connectivity index (χ4v) is 4.30. The number of likely N-dealkylation sites (tertiary alicyclic amines) is 1. The highest BCUT2D eigenvalue weighted by atomic mass is 16.5. The number of hydrogen-bond donors (Lipinski definition) is 2. The van der Waals surface area contributed by atoms with Crippen LogP contribution < -0.4 is 15.4 Å². The van der Waals surface area contributed by atoms with Crippen LogP contribution in [0.1, 0.15) is 49.3 Å². The first-order valence-corrected chi connectivity index (χ1v) is 9.89. The molecular formula is C21H31N3O3. The molecule has 1 aromatic carbocycles. The Kier molecular flexibility index (Phi) is 6.37. The molecule has 0 spiro atoms. The van der Waals surface area contributed by atoms with E-state index in [9.17, 15) is 9.59 Å². The minimum absolute atomic E-state index is 0.00659. The number of amides is 2. The SMILES string of the molecule is COc1cc2c(cc1CNC(=O)C[C@@H]1CC[C@H](CNC(C)=O)N1C)CCC2. The summed E-state index contributed by atoms with van der Waals surface area (Å²) in [6, 6.07) is 4.85. The first-order valence-electron chi connectivity index (χ1n) is 9.89. The Morgan fingerprint density at radius 3 is 2.56 bits per heavy atom. The molecule has 6 nitrogen and oxygen atoms in total. The Hall–Kier alpha value is -2.08. The van der Waals surface area contributed by atoms with E-state index in [-0.39, 0.29) is 17.9 Å². The Labute approximate surface area is 161 Å². The molecule has 2 N–H and O–H groups in total. The predicted molar refractivity (Wildman–Crippen MR) is 105 cm³/mol. The van der Waals surface area contributed by atoms with Gasteiger partial charge in [0.1, 0.15) is 5.75 Å². The maximum Gasteiger partial charge on any atom is 0.221 e. The predicted octanol–water partition coefficient (Wildman–Crippen LogP) is 1.79. The number of methoxy groups -OCH3 is 1. The van der Waals surface area contributed by atoms with Crippen LogP contribution in [0.4, 0.5) is 0 Å². The zero-order valence-corrected chi connectivity index (χ0v) is 16.6. The van der Waals surface area contributed by atoms with Gasteiger partial charge in [-0.15, -0.1) is 0 Å². The second-order valence-electron chi connectivity index (χ2n) is 7.75. The molecule has 0 aromatic heterocycles. The molecule has 2 amide bonds. The molecule has 1 aliphatic heterocycles. The van der Waals surface area contributed by atoms with Crippen molar-refractivity contribution in [3.8, 4) is 5.75 Å². The van der Waals surface area contributed by atoms with Gasteiger partial charge in [-0.05, 0) is 56.3 Å². The summed E-state index contributed by atoms with van der Waals surface area (Å²) in [6.07, 6.45) is 5.90. The van der Waals surface area contributed by atoms with E-state index < -0.39 is 0 Å². The van der Waals surface area contributed by atoms with Crippen molar-refractivity contribution in [2.75, 3.05) is 20.7 Å². The van der Waals surface area contributed by atoms with Crippen LogP contribution in [-0.2, 0) is 29.0 Å². The van der Waals surface area contributed by atoms with E-state index in [2.05, 4.69) is 27.7 Å². The third-order valence-electron chi connectivity index (χ3n) is 5.96. The molecule has 2 atom stereocenters. The molecule has 27 heavy (non-hydrogen) atoms. The van der Waals surface area contributed by atoms with Crippen LogP contribution in [0.2, 0.25) is 0 Å². The Morgan fingerprint density at radius 2 is 1.85 bits per heavy atom. The summed E-state index contributed by atoms with van der Waals surface area (Å²) in [7, 11) is 3.73. The van der Waals surface area contributed by atoms with Crippen LogP contribution in [0.15, 0.2) is 12.1 Å². The lowest BCUT2D eigenvalue weighted by Crippen LogP contribution is -2.42. The third-order valence-corrected chi connectivity index (χ3v) is 5.96. The van der Waals surface area contributed by atoms with Gasteiger partial charge < -0.3 is 15.4 Å². The molecule has 3 rings (SSSR count). The molecule has 0 radical (unpaired) electrons. The average molecular weight is 373 g/mol. The summed E-state index contributed by atoms with van der Waals surface area (Å²) in [5.41, 5.74) is 3.81. The number of aryl methyl sites for hydroxylation is 2. The number of likely N-dealkylation sites (N-methyl/N-ethyl adjacent to an activating group) is 1. The van der Waals surface area contributed by atoms with E-state index in [1.165, 1.54) is 24.5 Å². The van der Waals surface area contributed by atoms with E-state index in [0.717, 1.165) is 37.0 Å². The maximum absolute atomic E-state index is 12.5.